The van der Waals surface area contributed by atoms with E-state index in [-0.39, 0.29) is 5.75 Å². The zero-order chi connectivity index (χ0) is 15.4. The fraction of sp³-hybridized carbons (Fsp3) is 0. The highest BCUT2D eigenvalue weighted by molar-refractivity contribution is 9.10. The van der Waals surface area contributed by atoms with Gasteiger partial charge in [0.1, 0.15) is 5.75 Å². The molecule has 21 heavy (non-hydrogen) atoms. The summed E-state index contributed by atoms with van der Waals surface area (Å²) in [5.74, 6) is -0.959. The number of hydrogen-bond acceptors (Lipinski definition) is 2. The maximum Gasteiger partial charge on any atom is 0.328 e. The van der Waals surface area contributed by atoms with Crippen LogP contribution in [0.15, 0.2) is 51.4 Å². The van der Waals surface area contributed by atoms with Gasteiger partial charge in [-0.1, -0.05) is 37.9 Å². The van der Waals surface area contributed by atoms with Crippen molar-refractivity contribution >= 4 is 43.9 Å². The molecule has 6 heteroatoms. The minimum atomic E-state index is -1.03. The zero-order valence-corrected chi connectivity index (χ0v) is 13.7. The van der Waals surface area contributed by atoms with E-state index in [1.54, 1.807) is 24.3 Å². The highest BCUT2D eigenvalue weighted by atomic mass is 79.9. The van der Waals surface area contributed by atoms with E-state index in [9.17, 15) is 9.18 Å². The molecule has 2 rings (SSSR count). The van der Waals surface area contributed by atoms with E-state index in [1.807, 2.05) is 0 Å². The van der Waals surface area contributed by atoms with Gasteiger partial charge in [-0.05, 0) is 42.0 Å². The summed E-state index contributed by atoms with van der Waals surface area (Å²) in [5.41, 5.74) is 0.680. The molecule has 3 nitrogen and oxygen atoms in total. The largest absolute Gasteiger partial charge is 0.478 e. The number of benzene rings is 2. The Morgan fingerprint density at radius 3 is 2.62 bits per heavy atom. The Labute approximate surface area is 137 Å². The molecule has 0 radical (unpaired) electrons. The SMILES string of the molecule is O=C(O)/C=C/c1ccc(Oc2cc(Br)ccc2F)cc1Br. The van der Waals surface area contributed by atoms with Gasteiger partial charge >= 0.3 is 5.97 Å². The molecule has 0 aromatic heterocycles. The Kier molecular flexibility index (Phi) is 5.14. The number of ether oxygens (including phenoxy) is 1. The average Bonchev–Trinajstić information content (AvgIpc) is 2.42. The second kappa shape index (κ2) is 6.87. The van der Waals surface area contributed by atoms with Crippen LogP contribution in [0.1, 0.15) is 5.56 Å². The minimum Gasteiger partial charge on any atom is -0.478 e. The first-order chi connectivity index (χ1) is 9.95. The third-order valence-electron chi connectivity index (χ3n) is 2.50. The van der Waals surface area contributed by atoms with Crippen molar-refractivity contribution in [2.24, 2.45) is 0 Å². The third kappa shape index (κ3) is 4.41. The highest BCUT2D eigenvalue weighted by Gasteiger charge is 2.07. The van der Waals surface area contributed by atoms with Gasteiger partial charge in [-0.25, -0.2) is 9.18 Å². The van der Waals surface area contributed by atoms with E-state index in [2.05, 4.69) is 31.9 Å². The van der Waals surface area contributed by atoms with Gasteiger partial charge in [0.2, 0.25) is 0 Å². The van der Waals surface area contributed by atoms with Crippen LogP contribution in [0.5, 0.6) is 11.5 Å². The van der Waals surface area contributed by atoms with Gasteiger partial charge in [-0.15, -0.1) is 0 Å². The number of halogens is 3. The average molecular weight is 416 g/mol. The topological polar surface area (TPSA) is 46.5 Å². The minimum absolute atomic E-state index is 0.102. The Hall–Kier alpha value is -1.66. The van der Waals surface area contributed by atoms with E-state index in [4.69, 9.17) is 9.84 Å². The van der Waals surface area contributed by atoms with Crippen molar-refractivity contribution < 1.29 is 19.0 Å². The van der Waals surface area contributed by atoms with Gasteiger partial charge in [-0.2, -0.15) is 0 Å². The van der Waals surface area contributed by atoms with Gasteiger partial charge < -0.3 is 9.84 Å². The van der Waals surface area contributed by atoms with Crippen molar-refractivity contribution in [3.63, 3.8) is 0 Å². The first-order valence-corrected chi connectivity index (χ1v) is 7.38. The predicted octanol–water partition coefficient (Wildman–Crippen LogP) is 5.24. The molecule has 2 aromatic carbocycles. The summed E-state index contributed by atoms with van der Waals surface area (Å²) in [6.07, 6.45) is 2.49. The van der Waals surface area contributed by atoms with E-state index < -0.39 is 11.8 Å². The van der Waals surface area contributed by atoms with Gasteiger partial charge in [0.25, 0.3) is 0 Å². The number of carboxylic acids is 1. The standard InChI is InChI=1S/C15H9Br2FO3/c16-10-3-5-13(18)14(7-10)21-11-4-1-9(12(17)8-11)2-6-15(19)20/h1-8H,(H,19,20)/b6-2+. The number of hydrogen-bond donors (Lipinski definition) is 1. The Balaban J connectivity index is 2.24. The number of carboxylic acid groups (broad SMARTS) is 1. The molecule has 0 heterocycles. The first kappa shape index (κ1) is 15.7. The Morgan fingerprint density at radius 1 is 1.19 bits per heavy atom. The molecule has 0 atom stereocenters. The van der Waals surface area contributed by atoms with Crippen LogP contribution in [0.2, 0.25) is 0 Å². The second-order valence-electron chi connectivity index (χ2n) is 4.03. The summed E-state index contributed by atoms with van der Waals surface area (Å²) < 4.78 is 20.4. The van der Waals surface area contributed by atoms with E-state index in [0.717, 1.165) is 6.08 Å². The van der Waals surface area contributed by atoms with Crippen molar-refractivity contribution in [1.82, 2.24) is 0 Å². The zero-order valence-electron chi connectivity index (χ0n) is 10.5. The van der Waals surface area contributed by atoms with Crippen LogP contribution in [0.25, 0.3) is 6.08 Å². The molecule has 0 aliphatic heterocycles. The summed E-state index contributed by atoms with van der Waals surface area (Å²) in [6.45, 7) is 0. The summed E-state index contributed by atoms with van der Waals surface area (Å²) >= 11 is 6.57. The van der Waals surface area contributed by atoms with E-state index in [0.29, 0.717) is 20.3 Å². The lowest BCUT2D eigenvalue weighted by Crippen LogP contribution is -1.90. The van der Waals surface area contributed by atoms with Crippen LogP contribution in [0.4, 0.5) is 4.39 Å². The molecule has 0 aliphatic carbocycles. The van der Waals surface area contributed by atoms with Gasteiger partial charge in [0.15, 0.2) is 11.6 Å². The normalized spacial score (nSPS) is 10.8. The maximum absolute atomic E-state index is 13.6. The molecule has 0 aliphatic rings. The fourth-order valence-corrected chi connectivity index (χ4v) is 2.38. The molecule has 2 aromatic rings. The van der Waals surface area contributed by atoms with Crippen LogP contribution >= 0.6 is 31.9 Å². The molecule has 0 saturated heterocycles. The summed E-state index contributed by atoms with van der Waals surface area (Å²) in [6, 6.07) is 9.36. The summed E-state index contributed by atoms with van der Waals surface area (Å²) in [5, 5.41) is 8.60. The molecule has 0 saturated carbocycles. The number of aliphatic carboxylic acids is 1. The van der Waals surface area contributed by atoms with Crippen LogP contribution in [-0.4, -0.2) is 11.1 Å². The van der Waals surface area contributed by atoms with E-state index >= 15 is 0 Å². The van der Waals surface area contributed by atoms with Crippen molar-refractivity contribution in [1.29, 1.82) is 0 Å². The van der Waals surface area contributed by atoms with Crippen LogP contribution in [0.3, 0.4) is 0 Å². The molecular weight excluding hydrogens is 407 g/mol. The number of carbonyl (C=O) groups is 1. The molecule has 0 amide bonds. The number of rotatable bonds is 4. The second-order valence-corrected chi connectivity index (χ2v) is 5.80. The maximum atomic E-state index is 13.6. The lowest BCUT2D eigenvalue weighted by atomic mass is 10.2. The van der Waals surface area contributed by atoms with Gasteiger partial charge in [-0.3, -0.25) is 0 Å². The lowest BCUT2D eigenvalue weighted by Gasteiger charge is -2.08. The van der Waals surface area contributed by atoms with Gasteiger partial charge in [0.05, 0.1) is 0 Å². The van der Waals surface area contributed by atoms with Crippen LogP contribution < -0.4 is 4.74 Å². The summed E-state index contributed by atoms with van der Waals surface area (Å²) in [4.78, 5) is 10.5. The van der Waals surface area contributed by atoms with Crippen molar-refractivity contribution in [3.8, 4) is 11.5 Å². The molecule has 1 N–H and O–H groups in total. The van der Waals surface area contributed by atoms with Crippen molar-refractivity contribution in [2.75, 3.05) is 0 Å². The van der Waals surface area contributed by atoms with Crippen LogP contribution in [0, 0.1) is 5.82 Å². The quantitative estimate of drug-likeness (QED) is 0.694. The monoisotopic (exact) mass is 414 g/mol. The van der Waals surface area contributed by atoms with E-state index in [1.165, 1.54) is 18.2 Å². The fourth-order valence-electron chi connectivity index (χ4n) is 1.55. The molecule has 0 bridgehead atoms. The predicted molar refractivity (Wildman–Crippen MR) is 85.0 cm³/mol. The molecule has 0 unspecified atom stereocenters. The molecule has 0 spiro atoms. The Morgan fingerprint density at radius 2 is 1.95 bits per heavy atom. The third-order valence-corrected chi connectivity index (χ3v) is 3.68. The van der Waals surface area contributed by atoms with Crippen molar-refractivity contribution in [3.05, 3.63) is 62.8 Å². The van der Waals surface area contributed by atoms with Gasteiger partial charge in [0, 0.05) is 15.0 Å². The van der Waals surface area contributed by atoms with Crippen molar-refractivity contribution in [2.45, 2.75) is 0 Å². The molecule has 108 valence electrons. The lowest BCUT2D eigenvalue weighted by molar-refractivity contribution is -0.131. The highest BCUT2D eigenvalue weighted by Crippen LogP contribution is 2.30. The van der Waals surface area contributed by atoms with Crippen LogP contribution in [-0.2, 0) is 4.79 Å². The molecule has 0 fully saturated rings. The molecular formula is C15H9Br2FO3. The summed E-state index contributed by atoms with van der Waals surface area (Å²) in [7, 11) is 0. The first-order valence-electron chi connectivity index (χ1n) is 5.79. The smallest absolute Gasteiger partial charge is 0.328 e. The Bertz CT molecular complexity index is 714.